The van der Waals surface area contributed by atoms with Crippen molar-refractivity contribution in [2.75, 3.05) is 5.94 Å². The van der Waals surface area contributed by atoms with Crippen molar-refractivity contribution >= 4 is 23.4 Å². The Hall–Kier alpha value is -2.04. The highest BCUT2D eigenvalue weighted by molar-refractivity contribution is 7.99. The highest BCUT2D eigenvalue weighted by Crippen LogP contribution is 2.42. The van der Waals surface area contributed by atoms with Crippen LogP contribution in [0.3, 0.4) is 0 Å². The highest BCUT2D eigenvalue weighted by Gasteiger charge is 2.23. The molecular weight excluding hydrogens is 316 g/mol. The second kappa shape index (κ2) is 5.63. The summed E-state index contributed by atoms with van der Waals surface area (Å²) in [5.41, 5.74) is 2.71. The van der Waals surface area contributed by atoms with E-state index in [1.54, 1.807) is 11.8 Å². The molecule has 1 aliphatic heterocycles. The predicted octanol–water partition coefficient (Wildman–Crippen LogP) is 4.91. The van der Waals surface area contributed by atoms with Crippen molar-refractivity contribution in [2.24, 2.45) is 0 Å². The van der Waals surface area contributed by atoms with Gasteiger partial charge in [-0.25, -0.2) is 9.97 Å². The van der Waals surface area contributed by atoms with Crippen LogP contribution in [-0.2, 0) is 0 Å². The van der Waals surface area contributed by atoms with Gasteiger partial charge in [0.25, 0.3) is 0 Å². The molecule has 2 aromatic carbocycles. The normalized spacial score (nSPS) is 12.8. The molecule has 3 nitrogen and oxygen atoms in total. The lowest BCUT2D eigenvalue weighted by atomic mass is 10.1. The smallest absolute Gasteiger partial charge is 0.179 e. The van der Waals surface area contributed by atoms with Gasteiger partial charge in [-0.15, -0.1) is 0 Å². The van der Waals surface area contributed by atoms with Crippen LogP contribution in [-0.4, -0.2) is 15.9 Å². The van der Waals surface area contributed by atoms with E-state index in [0.717, 1.165) is 27.6 Å². The molecule has 22 heavy (non-hydrogen) atoms. The van der Waals surface area contributed by atoms with Gasteiger partial charge in [-0.05, 0) is 12.1 Å². The first-order valence-corrected chi connectivity index (χ1v) is 8.16. The van der Waals surface area contributed by atoms with E-state index in [1.807, 2.05) is 54.6 Å². The van der Waals surface area contributed by atoms with Gasteiger partial charge in [-0.1, -0.05) is 65.8 Å². The molecule has 0 saturated heterocycles. The molecule has 0 fully saturated rings. The van der Waals surface area contributed by atoms with E-state index in [-0.39, 0.29) is 0 Å². The van der Waals surface area contributed by atoms with Gasteiger partial charge in [-0.3, -0.25) is 0 Å². The molecule has 0 unspecified atom stereocenters. The topological polar surface area (TPSA) is 35.0 Å². The number of rotatable bonds is 2. The fraction of sp³-hybridized carbons (Fsp3) is 0.0588. The molecule has 4 rings (SSSR count). The van der Waals surface area contributed by atoms with Gasteiger partial charge >= 0.3 is 0 Å². The summed E-state index contributed by atoms with van der Waals surface area (Å²) >= 11 is 7.70. The van der Waals surface area contributed by atoms with Crippen LogP contribution in [0.25, 0.3) is 22.6 Å². The summed E-state index contributed by atoms with van der Waals surface area (Å²) in [5.74, 6) is 2.01. The van der Waals surface area contributed by atoms with Gasteiger partial charge in [0, 0.05) is 16.1 Å². The minimum absolute atomic E-state index is 0.565. The average Bonchev–Trinajstić information content (AvgIpc) is 3.03. The Bertz CT molecular complexity index is 839. The highest BCUT2D eigenvalue weighted by atomic mass is 35.5. The maximum Gasteiger partial charge on any atom is 0.179 e. The fourth-order valence-corrected chi connectivity index (χ4v) is 3.27. The Balaban J connectivity index is 1.92. The minimum atomic E-state index is 0.565. The number of benzene rings is 2. The van der Waals surface area contributed by atoms with Gasteiger partial charge in [-0.2, -0.15) is 0 Å². The van der Waals surface area contributed by atoms with E-state index >= 15 is 0 Å². The second-order valence-corrected chi connectivity index (χ2v) is 6.16. The van der Waals surface area contributed by atoms with Crippen LogP contribution >= 0.6 is 23.4 Å². The zero-order valence-corrected chi connectivity index (χ0v) is 13.1. The van der Waals surface area contributed by atoms with Gasteiger partial charge in [0.05, 0.1) is 0 Å². The SMILES string of the molecule is Clc1cccc(-c2nc(-c3ccccc3)nc3c2OCS3)c1. The Labute approximate surface area is 137 Å². The summed E-state index contributed by atoms with van der Waals surface area (Å²) in [6.45, 7) is 0. The number of hydrogen-bond donors (Lipinski definition) is 0. The van der Waals surface area contributed by atoms with Crippen molar-refractivity contribution in [1.29, 1.82) is 0 Å². The maximum absolute atomic E-state index is 6.11. The monoisotopic (exact) mass is 326 g/mol. The second-order valence-electron chi connectivity index (χ2n) is 4.81. The maximum atomic E-state index is 6.11. The number of ether oxygens (including phenoxy) is 1. The fourth-order valence-electron chi connectivity index (χ4n) is 2.35. The average molecular weight is 327 g/mol. The quantitative estimate of drug-likeness (QED) is 0.627. The van der Waals surface area contributed by atoms with Crippen LogP contribution in [0.1, 0.15) is 0 Å². The van der Waals surface area contributed by atoms with Crippen LogP contribution in [0.2, 0.25) is 5.02 Å². The molecule has 0 radical (unpaired) electrons. The van der Waals surface area contributed by atoms with E-state index < -0.39 is 0 Å². The van der Waals surface area contributed by atoms with E-state index in [2.05, 4.69) is 4.98 Å². The summed E-state index contributed by atoms with van der Waals surface area (Å²) in [5, 5.41) is 1.56. The first-order chi connectivity index (χ1) is 10.8. The van der Waals surface area contributed by atoms with Crippen molar-refractivity contribution in [2.45, 2.75) is 5.03 Å². The Morgan fingerprint density at radius 3 is 2.59 bits per heavy atom. The van der Waals surface area contributed by atoms with Crippen LogP contribution in [0.4, 0.5) is 0 Å². The molecule has 1 aromatic heterocycles. The number of halogens is 1. The number of aromatic nitrogens is 2. The third-order valence-electron chi connectivity index (χ3n) is 3.36. The zero-order chi connectivity index (χ0) is 14.9. The number of nitrogens with zero attached hydrogens (tertiary/aromatic N) is 2. The molecule has 0 spiro atoms. The van der Waals surface area contributed by atoms with E-state index in [9.17, 15) is 0 Å². The minimum Gasteiger partial charge on any atom is -0.477 e. The number of thioether (sulfide) groups is 1. The summed E-state index contributed by atoms with van der Waals surface area (Å²) in [6, 6.07) is 17.6. The molecule has 108 valence electrons. The zero-order valence-electron chi connectivity index (χ0n) is 11.5. The Kier molecular flexibility index (Phi) is 3.48. The first-order valence-electron chi connectivity index (χ1n) is 6.80. The van der Waals surface area contributed by atoms with Crippen molar-refractivity contribution < 1.29 is 4.74 Å². The van der Waals surface area contributed by atoms with Crippen molar-refractivity contribution in [3.8, 4) is 28.4 Å². The van der Waals surface area contributed by atoms with Crippen LogP contribution in [0, 0.1) is 0 Å². The molecule has 2 heterocycles. The molecule has 5 heteroatoms. The molecule has 0 saturated carbocycles. The summed E-state index contributed by atoms with van der Waals surface area (Å²) < 4.78 is 5.71. The molecule has 0 bridgehead atoms. The standard InChI is InChI=1S/C17H11ClN2OS/c18-13-8-4-7-12(9-13)14-15-17(22-10-21-15)20-16(19-14)11-5-2-1-3-6-11/h1-9H,10H2. The van der Waals surface area contributed by atoms with Gasteiger partial charge in [0.1, 0.15) is 16.7 Å². The van der Waals surface area contributed by atoms with Crippen molar-refractivity contribution in [1.82, 2.24) is 9.97 Å². The van der Waals surface area contributed by atoms with E-state index in [1.165, 1.54) is 0 Å². The molecule has 0 N–H and O–H groups in total. The molecule has 3 aromatic rings. The van der Waals surface area contributed by atoms with Crippen LogP contribution in [0.15, 0.2) is 59.6 Å². The van der Waals surface area contributed by atoms with E-state index in [0.29, 0.717) is 16.8 Å². The molecular formula is C17H11ClN2OS. The van der Waals surface area contributed by atoms with Gasteiger partial charge in [0.15, 0.2) is 11.6 Å². The third-order valence-corrected chi connectivity index (χ3v) is 4.38. The van der Waals surface area contributed by atoms with Gasteiger partial charge < -0.3 is 4.74 Å². The van der Waals surface area contributed by atoms with Crippen LogP contribution < -0.4 is 4.74 Å². The lowest BCUT2D eigenvalue weighted by Crippen LogP contribution is -1.96. The lowest BCUT2D eigenvalue weighted by molar-refractivity contribution is 0.395. The molecule has 0 aliphatic carbocycles. The van der Waals surface area contributed by atoms with Crippen molar-refractivity contribution in [3.63, 3.8) is 0 Å². The van der Waals surface area contributed by atoms with Crippen LogP contribution in [0.5, 0.6) is 5.75 Å². The molecule has 0 atom stereocenters. The third kappa shape index (κ3) is 2.45. The summed E-state index contributed by atoms with van der Waals surface area (Å²) in [6.07, 6.45) is 0. The number of hydrogen-bond acceptors (Lipinski definition) is 4. The Morgan fingerprint density at radius 1 is 0.955 bits per heavy atom. The van der Waals surface area contributed by atoms with Crippen molar-refractivity contribution in [3.05, 3.63) is 59.6 Å². The Morgan fingerprint density at radius 2 is 1.77 bits per heavy atom. The molecule has 1 aliphatic rings. The predicted molar refractivity (Wildman–Crippen MR) is 89.3 cm³/mol. The largest absolute Gasteiger partial charge is 0.477 e. The molecule has 0 amide bonds. The summed E-state index contributed by atoms with van der Waals surface area (Å²) in [7, 11) is 0. The van der Waals surface area contributed by atoms with E-state index in [4.69, 9.17) is 21.3 Å². The lowest BCUT2D eigenvalue weighted by Gasteiger charge is -2.09. The number of fused-ring (bicyclic) bond motifs is 1. The summed E-state index contributed by atoms with van der Waals surface area (Å²) in [4.78, 5) is 9.34. The van der Waals surface area contributed by atoms with Gasteiger partial charge in [0.2, 0.25) is 0 Å². The first kappa shape index (κ1) is 13.6.